The molecule has 0 amide bonds. The first kappa shape index (κ1) is 10.3. The van der Waals surface area contributed by atoms with Crippen LogP contribution in [0.25, 0.3) is 0 Å². The summed E-state index contributed by atoms with van der Waals surface area (Å²) >= 11 is 0. The largest absolute Gasteiger partial charge is 0.458 e. The summed E-state index contributed by atoms with van der Waals surface area (Å²) in [7, 11) is 0. The highest BCUT2D eigenvalue weighted by molar-refractivity contribution is 5.75. The predicted octanol–water partition coefficient (Wildman–Crippen LogP) is 2.54. The predicted molar refractivity (Wildman–Crippen MR) is 52.3 cm³/mol. The van der Waals surface area contributed by atoms with E-state index in [1.54, 1.807) is 0 Å². The van der Waals surface area contributed by atoms with Gasteiger partial charge in [0, 0.05) is 0 Å². The Hall–Kier alpha value is -0.790. The normalized spacial score (nSPS) is 27.7. The minimum absolute atomic E-state index is 0.00160. The molecule has 0 aromatic carbocycles. The summed E-state index contributed by atoms with van der Waals surface area (Å²) in [6, 6.07) is 0. The molecular weight excluding hydrogens is 164 g/mol. The third-order valence-electron chi connectivity index (χ3n) is 2.13. The van der Waals surface area contributed by atoms with Crippen molar-refractivity contribution in [1.82, 2.24) is 0 Å². The number of carbonyl (C=O) groups is 1. The highest BCUT2D eigenvalue weighted by Crippen LogP contribution is 2.23. The summed E-state index contributed by atoms with van der Waals surface area (Å²) in [5, 5.41) is 0. The number of allylic oxidation sites excluding steroid dienone is 1. The van der Waals surface area contributed by atoms with Crippen molar-refractivity contribution in [2.75, 3.05) is 0 Å². The molecule has 0 unspecified atom stereocenters. The van der Waals surface area contributed by atoms with Crippen LogP contribution in [0.5, 0.6) is 0 Å². The van der Waals surface area contributed by atoms with E-state index in [1.165, 1.54) is 0 Å². The van der Waals surface area contributed by atoms with Gasteiger partial charge in [-0.3, -0.25) is 4.79 Å². The van der Waals surface area contributed by atoms with Crippen LogP contribution in [0.2, 0.25) is 0 Å². The molecule has 1 rings (SSSR count). The average Bonchev–Trinajstić information content (AvgIpc) is 2.33. The summed E-state index contributed by atoms with van der Waals surface area (Å²) < 4.78 is 5.32. The van der Waals surface area contributed by atoms with Gasteiger partial charge in [0.25, 0.3) is 0 Å². The highest BCUT2D eigenvalue weighted by Gasteiger charge is 2.27. The Labute approximate surface area is 80.0 Å². The maximum Gasteiger partial charge on any atom is 0.311 e. The highest BCUT2D eigenvalue weighted by atomic mass is 16.5. The zero-order valence-corrected chi connectivity index (χ0v) is 8.83. The van der Waals surface area contributed by atoms with Crippen LogP contribution < -0.4 is 0 Å². The van der Waals surface area contributed by atoms with Crippen molar-refractivity contribution >= 4 is 5.97 Å². The van der Waals surface area contributed by atoms with Crippen molar-refractivity contribution in [1.29, 1.82) is 0 Å². The first-order valence-electron chi connectivity index (χ1n) is 4.79. The Morgan fingerprint density at radius 3 is 2.38 bits per heavy atom. The van der Waals surface area contributed by atoms with Crippen molar-refractivity contribution < 1.29 is 9.53 Å². The van der Waals surface area contributed by atoms with Gasteiger partial charge in [0.05, 0.1) is 5.41 Å². The molecule has 2 nitrogen and oxygen atoms in total. The van der Waals surface area contributed by atoms with E-state index in [-0.39, 0.29) is 17.5 Å². The molecular formula is C11H18O2. The molecule has 0 aromatic rings. The lowest BCUT2D eigenvalue weighted by Crippen LogP contribution is -2.26. The smallest absolute Gasteiger partial charge is 0.311 e. The van der Waals surface area contributed by atoms with Crippen LogP contribution in [0.4, 0.5) is 0 Å². The lowest BCUT2D eigenvalue weighted by Gasteiger charge is -2.19. The zero-order valence-electron chi connectivity index (χ0n) is 8.83. The van der Waals surface area contributed by atoms with Crippen LogP contribution in [-0.2, 0) is 9.53 Å². The van der Waals surface area contributed by atoms with Crippen LogP contribution in [0.15, 0.2) is 12.2 Å². The lowest BCUT2D eigenvalue weighted by atomic mass is 9.97. The summed E-state index contributed by atoms with van der Waals surface area (Å²) in [5.41, 5.74) is -0.389. The van der Waals surface area contributed by atoms with Crippen LogP contribution in [0.1, 0.15) is 34.1 Å². The van der Waals surface area contributed by atoms with Crippen molar-refractivity contribution in [2.45, 2.75) is 40.2 Å². The fourth-order valence-corrected chi connectivity index (χ4v) is 1.24. The fraction of sp³-hybridized carbons (Fsp3) is 0.727. The topological polar surface area (TPSA) is 26.3 Å². The van der Waals surface area contributed by atoms with Gasteiger partial charge in [-0.1, -0.05) is 13.0 Å². The van der Waals surface area contributed by atoms with E-state index >= 15 is 0 Å². The van der Waals surface area contributed by atoms with Gasteiger partial charge < -0.3 is 4.74 Å². The van der Waals surface area contributed by atoms with Crippen molar-refractivity contribution in [2.24, 2.45) is 11.3 Å². The van der Waals surface area contributed by atoms with Gasteiger partial charge in [0.15, 0.2) is 0 Å². The van der Waals surface area contributed by atoms with E-state index in [4.69, 9.17) is 4.74 Å². The summed E-state index contributed by atoms with van der Waals surface area (Å²) in [6.45, 7) is 7.74. The maximum absolute atomic E-state index is 11.5. The number of rotatable bonds is 1. The molecule has 0 saturated carbocycles. The first-order valence-corrected chi connectivity index (χ1v) is 4.79. The molecule has 2 heteroatoms. The number of ether oxygens (including phenoxy) is 1. The molecule has 0 aliphatic heterocycles. The maximum atomic E-state index is 11.5. The van der Waals surface area contributed by atoms with Crippen LogP contribution >= 0.6 is 0 Å². The van der Waals surface area contributed by atoms with Gasteiger partial charge in [-0.25, -0.2) is 0 Å². The molecule has 0 heterocycles. The lowest BCUT2D eigenvalue weighted by molar-refractivity contribution is -0.156. The van der Waals surface area contributed by atoms with Crippen molar-refractivity contribution in [3.05, 3.63) is 12.2 Å². The zero-order chi connectivity index (χ0) is 10.1. The third-order valence-corrected chi connectivity index (χ3v) is 2.13. The molecule has 1 aliphatic rings. The third kappa shape index (κ3) is 2.87. The number of hydrogen-bond donors (Lipinski definition) is 0. The van der Waals surface area contributed by atoms with Crippen LogP contribution in [0, 0.1) is 11.3 Å². The molecule has 0 N–H and O–H groups in total. The number of carbonyl (C=O) groups excluding carboxylic acids is 1. The Morgan fingerprint density at radius 2 is 2.00 bits per heavy atom. The van der Waals surface area contributed by atoms with E-state index in [2.05, 4.69) is 13.0 Å². The average molecular weight is 182 g/mol. The van der Waals surface area contributed by atoms with Gasteiger partial charge >= 0.3 is 5.97 Å². The molecule has 0 radical (unpaired) electrons. The molecule has 2 atom stereocenters. The molecule has 13 heavy (non-hydrogen) atoms. The summed E-state index contributed by atoms with van der Waals surface area (Å²) in [5.74, 6) is 0.425. The number of hydrogen-bond acceptors (Lipinski definition) is 2. The van der Waals surface area contributed by atoms with E-state index in [0.29, 0.717) is 5.92 Å². The van der Waals surface area contributed by atoms with Gasteiger partial charge in [-0.15, -0.1) is 0 Å². The van der Waals surface area contributed by atoms with E-state index < -0.39 is 0 Å². The summed E-state index contributed by atoms with van der Waals surface area (Å²) in [6.07, 6.45) is 5.01. The van der Waals surface area contributed by atoms with Gasteiger partial charge in [-0.2, -0.15) is 0 Å². The quantitative estimate of drug-likeness (QED) is 0.460. The van der Waals surface area contributed by atoms with Crippen molar-refractivity contribution in [3.8, 4) is 0 Å². The first-order chi connectivity index (χ1) is 5.89. The van der Waals surface area contributed by atoms with Gasteiger partial charge in [0.1, 0.15) is 6.10 Å². The Morgan fingerprint density at radius 1 is 1.38 bits per heavy atom. The minimum atomic E-state index is -0.389. The number of esters is 1. The molecule has 74 valence electrons. The second kappa shape index (κ2) is 3.52. The van der Waals surface area contributed by atoms with Crippen LogP contribution in [0.3, 0.4) is 0 Å². The summed E-state index contributed by atoms with van der Waals surface area (Å²) in [4.78, 5) is 11.5. The standard InChI is InChI=1S/C11H18O2/c1-8-5-6-9(7-8)13-10(12)11(2,3)4/h5-6,8-9H,7H2,1-4H3/t8-,9-/m0/s1. The van der Waals surface area contributed by atoms with Gasteiger partial charge in [0.2, 0.25) is 0 Å². The second-order valence-corrected chi connectivity index (χ2v) is 4.79. The molecule has 0 aromatic heterocycles. The van der Waals surface area contributed by atoms with E-state index in [9.17, 15) is 4.79 Å². The fourth-order valence-electron chi connectivity index (χ4n) is 1.24. The Bertz CT molecular complexity index is 223. The molecule has 0 fully saturated rings. The SMILES string of the molecule is C[C@H]1C=C[C@H](OC(=O)C(C)(C)C)C1. The minimum Gasteiger partial charge on any atom is -0.458 e. The second-order valence-electron chi connectivity index (χ2n) is 4.79. The molecule has 1 aliphatic carbocycles. The molecule has 0 spiro atoms. The van der Waals surface area contributed by atoms with Crippen LogP contribution in [-0.4, -0.2) is 12.1 Å². The molecule has 0 saturated heterocycles. The monoisotopic (exact) mass is 182 g/mol. The Kier molecular flexibility index (Phi) is 2.79. The molecule has 0 bridgehead atoms. The van der Waals surface area contributed by atoms with E-state index in [1.807, 2.05) is 26.8 Å². The van der Waals surface area contributed by atoms with Crippen molar-refractivity contribution in [3.63, 3.8) is 0 Å². The van der Waals surface area contributed by atoms with Gasteiger partial charge in [-0.05, 0) is 39.2 Å². The Balaban J connectivity index is 2.43. The van der Waals surface area contributed by atoms with E-state index in [0.717, 1.165) is 6.42 Å².